The van der Waals surface area contributed by atoms with Gasteiger partial charge in [-0.15, -0.1) is 0 Å². The van der Waals surface area contributed by atoms with Crippen LogP contribution in [0.25, 0.3) is 0 Å². The zero-order valence-electron chi connectivity index (χ0n) is 19.5. The van der Waals surface area contributed by atoms with Gasteiger partial charge in [-0.05, 0) is 64.0 Å². The van der Waals surface area contributed by atoms with Crippen molar-refractivity contribution in [3.63, 3.8) is 0 Å². The third kappa shape index (κ3) is 5.59. The summed E-state index contributed by atoms with van der Waals surface area (Å²) in [5, 5.41) is 10.1. The molecule has 0 saturated carbocycles. The van der Waals surface area contributed by atoms with Gasteiger partial charge in [0.05, 0.1) is 23.6 Å². The van der Waals surface area contributed by atoms with E-state index >= 15 is 0 Å². The zero-order valence-corrected chi connectivity index (χ0v) is 19.5. The number of halogens is 1. The number of aromatic amines is 1. The molecule has 9 heteroatoms. The molecule has 178 valence electrons. The molecule has 0 radical (unpaired) electrons. The molecule has 33 heavy (non-hydrogen) atoms. The van der Waals surface area contributed by atoms with Crippen molar-refractivity contribution >= 4 is 11.6 Å². The molecule has 1 saturated heterocycles. The number of anilines is 1. The van der Waals surface area contributed by atoms with Gasteiger partial charge in [0.25, 0.3) is 11.5 Å². The lowest BCUT2D eigenvalue weighted by Gasteiger charge is -2.36. The van der Waals surface area contributed by atoms with E-state index in [-0.39, 0.29) is 17.0 Å². The molecule has 0 atom stereocenters. The monoisotopic (exact) mass is 456 g/mol. The highest BCUT2D eigenvalue weighted by Gasteiger charge is 2.25. The number of hydrogen-bond acceptors (Lipinski definition) is 6. The highest BCUT2D eigenvalue weighted by molar-refractivity contribution is 5.94. The second-order valence-corrected chi connectivity index (χ2v) is 9.21. The summed E-state index contributed by atoms with van der Waals surface area (Å²) in [5.41, 5.74) is 2.90. The van der Waals surface area contributed by atoms with Crippen molar-refractivity contribution in [1.29, 1.82) is 0 Å². The molecule has 0 aliphatic carbocycles. The highest BCUT2D eigenvalue weighted by Crippen LogP contribution is 2.24. The summed E-state index contributed by atoms with van der Waals surface area (Å²) in [4.78, 5) is 31.4. The minimum atomic E-state index is -0.511. The van der Waals surface area contributed by atoms with Crippen LogP contribution >= 0.6 is 0 Å². The van der Waals surface area contributed by atoms with E-state index < -0.39 is 5.82 Å². The van der Waals surface area contributed by atoms with E-state index in [2.05, 4.69) is 39.4 Å². The van der Waals surface area contributed by atoms with E-state index in [1.807, 2.05) is 0 Å². The van der Waals surface area contributed by atoms with E-state index in [1.165, 1.54) is 6.07 Å². The number of rotatable bonds is 7. The van der Waals surface area contributed by atoms with Crippen LogP contribution in [0.4, 0.5) is 10.1 Å². The van der Waals surface area contributed by atoms with Crippen molar-refractivity contribution < 1.29 is 9.18 Å². The number of carbonyl (C=O) groups excluding carboxylic acids is 1. The van der Waals surface area contributed by atoms with Crippen LogP contribution in [0.15, 0.2) is 23.0 Å². The normalized spacial score (nSPS) is 16.5. The topological polar surface area (TPSA) is 84.6 Å². The van der Waals surface area contributed by atoms with E-state index in [0.29, 0.717) is 37.3 Å². The van der Waals surface area contributed by atoms with Gasteiger partial charge < -0.3 is 15.1 Å². The number of fused-ring (bicyclic) bond motifs is 1. The van der Waals surface area contributed by atoms with Crippen molar-refractivity contribution in [2.24, 2.45) is 0 Å². The van der Waals surface area contributed by atoms with Gasteiger partial charge in [0, 0.05) is 38.2 Å². The fourth-order valence-electron chi connectivity index (χ4n) is 4.62. The molecule has 2 aliphatic rings. The number of nitrogens with one attached hydrogen (secondary N) is 2. The van der Waals surface area contributed by atoms with Gasteiger partial charge in [0.2, 0.25) is 0 Å². The van der Waals surface area contributed by atoms with Crippen LogP contribution < -0.4 is 10.9 Å². The van der Waals surface area contributed by atoms with Crippen LogP contribution in [0.5, 0.6) is 0 Å². The first kappa shape index (κ1) is 23.4. The van der Waals surface area contributed by atoms with Crippen LogP contribution in [-0.4, -0.2) is 84.3 Å². The molecule has 1 amide bonds. The zero-order chi connectivity index (χ0) is 23.4. The highest BCUT2D eigenvalue weighted by atomic mass is 19.1. The van der Waals surface area contributed by atoms with Gasteiger partial charge in [-0.3, -0.25) is 14.5 Å². The molecule has 8 nitrogen and oxygen atoms in total. The molecule has 0 spiro atoms. The Kier molecular flexibility index (Phi) is 7.39. The number of nitrogens with zero attached hydrogens (tertiary/aromatic N) is 4. The van der Waals surface area contributed by atoms with Crippen molar-refractivity contribution in [2.45, 2.75) is 32.1 Å². The van der Waals surface area contributed by atoms with Gasteiger partial charge >= 0.3 is 0 Å². The second-order valence-electron chi connectivity index (χ2n) is 9.21. The van der Waals surface area contributed by atoms with Crippen LogP contribution in [0.2, 0.25) is 0 Å². The summed E-state index contributed by atoms with van der Waals surface area (Å²) >= 11 is 0. The molecule has 1 aromatic heterocycles. The molecule has 0 unspecified atom stereocenters. The number of carbonyl (C=O) groups is 1. The number of hydrogen-bond donors (Lipinski definition) is 2. The fourth-order valence-corrected chi connectivity index (χ4v) is 4.62. The first-order valence-corrected chi connectivity index (χ1v) is 11.7. The van der Waals surface area contributed by atoms with Crippen molar-refractivity contribution in [1.82, 2.24) is 24.9 Å². The second kappa shape index (κ2) is 10.4. The Morgan fingerprint density at radius 2 is 2.09 bits per heavy atom. The van der Waals surface area contributed by atoms with Crippen molar-refractivity contribution in [3.05, 3.63) is 56.8 Å². The predicted molar refractivity (Wildman–Crippen MR) is 126 cm³/mol. The summed E-state index contributed by atoms with van der Waals surface area (Å²) < 4.78 is 14.7. The quantitative estimate of drug-likeness (QED) is 0.662. The number of amides is 1. The maximum absolute atomic E-state index is 14.7. The van der Waals surface area contributed by atoms with Crippen LogP contribution in [0.1, 0.15) is 46.4 Å². The van der Waals surface area contributed by atoms with E-state index in [4.69, 9.17) is 0 Å². The molecule has 0 bridgehead atoms. The molecule has 1 fully saturated rings. The van der Waals surface area contributed by atoms with E-state index in [0.717, 1.165) is 56.7 Å². The average molecular weight is 457 g/mol. The fraction of sp³-hybridized carbons (Fsp3) is 0.542. The summed E-state index contributed by atoms with van der Waals surface area (Å²) in [6, 6.07) is 4.66. The lowest BCUT2D eigenvalue weighted by Crippen LogP contribution is -2.48. The van der Waals surface area contributed by atoms with Crippen LogP contribution in [0.3, 0.4) is 0 Å². The Morgan fingerprint density at radius 1 is 1.24 bits per heavy atom. The third-order valence-corrected chi connectivity index (χ3v) is 6.33. The lowest BCUT2D eigenvalue weighted by molar-refractivity contribution is 0.0488. The number of H-pyrrole nitrogens is 1. The third-order valence-electron chi connectivity index (χ3n) is 6.33. The molecule has 2 N–H and O–H groups in total. The molecular formula is C24H33FN6O2. The maximum atomic E-state index is 14.7. The summed E-state index contributed by atoms with van der Waals surface area (Å²) in [5.74, 6) is -0.788. The minimum Gasteiger partial charge on any atom is -0.383 e. The van der Waals surface area contributed by atoms with Gasteiger partial charge in [-0.2, -0.15) is 5.10 Å². The molecule has 1 aromatic carbocycles. The SMILES string of the molecule is CN(C)CCCN1CCCN(C(=O)c2cc(Cc3n[nH]c(=O)c4c3NCCC4)ccc2F)C1. The number of benzene rings is 1. The average Bonchev–Trinajstić information content (AvgIpc) is 2.82. The van der Waals surface area contributed by atoms with Gasteiger partial charge in [0.15, 0.2) is 0 Å². The first-order valence-electron chi connectivity index (χ1n) is 11.7. The summed E-state index contributed by atoms with van der Waals surface area (Å²) in [7, 11) is 4.10. The van der Waals surface area contributed by atoms with Crippen LogP contribution in [0, 0.1) is 5.82 Å². The summed E-state index contributed by atoms with van der Waals surface area (Å²) in [6.45, 7) is 4.81. The Balaban J connectivity index is 1.48. The van der Waals surface area contributed by atoms with E-state index in [1.54, 1.807) is 17.0 Å². The Bertz CT molecular complexity index is 1050. The molecule has 2 aliphatic heterocycles. The molecule has 3 heterocycles. The maximum Gasteiger partial charge on any atom is 0.269 e. The lowest BCUT2D eigenvalue weighted by atomic mass is 9.99. The van der Waals surface area contributed by atoms with Gasteiger partial charge in [0.1, 0.15) is 5.82 Å². The Hall–Kier alpha value is -2.78. The standard InChI is InChI=1S/C24H33FN6O2/c1-29(2)10-4-11-30-12-5-13-31(16-30)24(33)19-14-17(7-8-20(19)25)15-21-22-18(6-3-9-26-22)23(32)28-27-21/h7-8,14,26H,3-6,9-13,15-16H2,1-2H3,(H,28,32). The van der Waals surface area contributed by atoms with Crippen LogP contribution in [-0.2, 0) is 12.8 Å². The summed E-state index contributed by atoms with van der Waals surface area (Å²) in [6.07, 6.45) is 3.93. The predicted octanol–water partition coefficient (Wildman–Crippen LogP) is 1.91. The first-order chi connectivity index (χ1) is 15.9. The molecule has 4 rings (SSSR count). The minimum absolute atomic E-state index is 0.0916. The van der Waals surface area contributed by atoms with Gasteiger partial charge in [-0.25, -0.2) is 9.49 Å². The largest absolute Gasteiger partial charge is 0.383 e. The van der Waals surface area contributed by atoms with E-state index in [9.17, 15) is 14.0 Å². The van der Waals surface area contributed by atoms with Crippen molar-refractivity contribution in [2.75, 3.05) is 58.8 Å². The number of aromatic nitrogens is 2. The molecule has 2 aromatic rings. The van der Waals surface area contributed by atoms with Gasteiger partial charge in [-0.1, -0.05) is 6.07 Å². The Morgan fingerprint density at radius 3 is 2.91 bits per heavy atom. The van der Waals surface area contributed by atoms with Crippen molar-refractivity contribution in [3.8, 4) is 0 Å². The Labute approximate surface area is 193 Å². The smallest absolute Gasteiger partial charge is 0.269 e. The molecular weight excluding hydrogens is 423 g/mol.